The van der Waals surface area contributed by atoms with Crippen molar-refractivity contribution >= 4 is 45.2 Å². The van der Waals surface area contributed by atoms with E-state index in [9.17, 15) is 4.79 Å². The molecule has 0 spiro atoms. The van der Waals surface area contributed by atoms with Crippen molar-refractivity contribution in [1.82, 2.24) is 4.98 Å². The molecule has 1 aliphatic heterocycles. The third-order valence-corrected chi connectivity index (χ3v) is 3.65. The number of nitrogens with zero attached hydrogens (tertiary/aromatic N) is 2. The van der Waals surface area contributed by atoms with Crippen molar-refractivity contribution in [3.8, 4) is 0 Å². The predicted molar refractivity (Wildman–Crippen MR) is 76.9 cm³/mol. The maximum absolute atomic E-state index is 11.7. The van der Waals surface area contributed by atoms with E-state index in [4.69, 9.17) is 4.74 Å². The number of halogens is 1. The zero-order chi connectivity index (χ0) is 13.2. The van der Waals surface area contributed by atoms with Gasteiger partial charge >= 0.3 is 5.97 Å². The minimum absolute atomic E-state index is 0.279. The number of carbonyl (C=O) groups excluding carboxylic acids is 1. The van der Waals surface area contributed by atoms with Crippen LogP contribution in [-0.4, -0.2) is 16.9 Å². The largest absolute Gasteiger partial charge is 0.402 e. The maximum atomic E-state index is 11.7. The molecule has 94 valence electrons. The zero-order valence-electron chi connectivity index (χ0n) is 9.54. The fourth-order valence-electron chi connectivity index (χ4n) is 1.57. The highest BCUT2D eigenvalue weighted by Crippen LogP contribution is 2.21. The van der Waals surface area contributed by atoms with Crippen molar-refractivity contribution in [2.45, 2.75) is 0 Å². The molecule has 0 fully saturated rings. The molecule has 6 heteroatoms. The van der Waals surface area contributed by atoms with Gasteiger partial charge in [-0.05, 0) is 39.5 Å². The second kappa shape index (κ2) is 5.07. The molecule has 0 unspecified atom stereocenters. The van der Waals surface area contributed by atoms with Crippen LogP contribution in [0.5, 0.6) is 0 Å². The average Bonchev–Trinajstić information content (AvgIpc) is 3.01. The lowest BCUT2D eigenvalue weighted by molar-refractivity contribution is -0.129. The summed E-state index contributed by atoms with van der Waals surface area (Å²) in [5.74, 6) is -0.162. The summed E-state index contributed by atoms with van der Waals surface area (Å²) in [6, 6.07) is 5.63. The van der Waals surface area contributed by atoms with Gasteiger partial charge in [-0.1, -0.05) is 6.07 Å². The fourth-order valence-corrected chi connectivity index (χ4v) is 2.59. The van der Waals surface area contributed by atoms with Gasteiger partial charge in [0, 0.05) is 21.7 Å². The number of hydrogen-bond donors (Lipinski definition) is 0. The van der Waals surface area contributed by atoms with Gasteiger partial charge in [-0.3, -0.25) is 4.98 Å². The minimum atomic E-state index is -0.441. The molecule has 0 saturated carbocycles. The standard InChI is InChI=1S/C13H7BrN2O2S/c14-9-4-8(6-15-7-9)12-16-11(13(17)18-12)5-10-2-1-3-19-10/h1-7H. The van der Waals surface area contributed by atoms with Gasteiger partial charge in [-0.15, -0.1) is 11.3 Å². The van der Waals surface area contributed by atoms with Gasteiger partial charge in [0.05, 0.1) is 5.56 Å². The normalized spacial score (nSPS) is 16.6. The molecule has 19 heavy (non-hydrogen) atoms. The van der Waals surface area contributed by atoms with Crippen LogP contribution >= 0.6 is 27.3 Å². The highest BCUT2D eigenvalue weighted by atomic mass is 79.9. The van der Waals surface area contributed by atoms with E-state index in [1.54, 1.807) is 24.5 Å². The van der Waals surface area contributed by atoms with E-state index < -0.39 is 5.97 Å². The number of cyclic esters (lactones) is 1. The second-order valence-corrected chi connectivity index (χ2v) is 5.64. The average molecular weight is 335 g/mol. The topological polar surface area (TPSA) is 51.5 Å². The maximum Gasteiger partial charge on any atom is 0.363 e. The first kappa shape index (κ1) is 12.3. The van der Waals surface area contributed by atoms with Crippen molar-refractivity contribution in [3.63, 3.8) is 0 Å². The van der Waals surface area contributed by atoms with Gasteiger partial charge < -0.3 is 4.74 Å². The van der Waals surface area contributed by atoms with Crippen LogP contribution in [0.25, 0.3) is 6.08 Å². The third-order valence-electron chi connectivity index (χ3n) is 2.39. The van der Waals surface area contributed by atoms with Crippen LogP contribution in [0.4, 0.5) is 0 Å². The van der Waals surface area contributed by atoms with Gasteiger partial charge in [0.2, 0.25) is 5.90 Å². The molecular weight excluding hydrogens is 328 g/mol. The van der Waals surface area contributed by atoms with Crippen LogP contribution in [0, 0.1) is 0 Å². The van der Waals surface area contributed by atoms with E-state index in [0.29, 0.717) is 11.3 Å². The number of esters is 1. The Morgan fingerprint density at radius 3 is 3.00 bits per heavy atom. The molecule has 3 rings (SSSR count). The summed E-state index contributed by atoms with van der Waals surface area (Å²) in [5.41, 5.74) is 0.967. The molecule has 0 atom stereocenters. The summed E-state index contributed by atoms with van der Waals surface area (Å²) in [7, 11) is 0. The summed E-state index contributed by atoms with van der Waals surface area (Å²) < 4.78 is 5.96. The summed E-state index contributed by atoms with van der Waals surface area (Å²) in [5, 5.41) is 1.94. The van der Waals surface area contributed by atoms with E-state index >= 15 is 0 Å². The van der Waals surface area contributed by atoms with Crippen molar-refractivity contribution in [1.29, 1.82) is 0 Å². The van der Waals surface area contributed by atoms with Crippen LogP contribution in [0.1, 0.15) is 10.4 Å². The van der Waals surface area contributed by atoms with Crippen LogP contribution < -0.4 is 0 Å². The predicted octanol–water partition coefficient (Wildman–Crippen LogP) is 3.25. The van der Waals surface area contributed by atoms with Crippen molar-refractivity contribution in [2.24, 2.45) is 4.99 Å². The molecular formula is C13H7BrN2O2S. The molecule has 3 heterocycles. The Morgan fingerprint density at radius 2 is 2.26 bits per heavy atom. The Hall–Kier alpha value is -1.79. The molecule has 0 bridgehead atoms. The third kappa shape index (κ3) is 2.64. The Balaban J connectivity index is 1.95. The van der Waals surface area contributed by atoms with Crippen LogP contribution in [-0.2, 0) is 9.53 Å². The number of thiophene rings is 1. The number of hydrogen-bond acceptors (Lipinski definition) is 5. The quantitative estimate of drug-likeness (QED) is 0.625. The van der Waals surface area contributed by atoms with E-state index in [2.05, 4.69) is 25.9 Å². The monoisotopic (exact) mass is 334 g/mol. The van der Waals surface area contributed by atoms with E-state index in [-0.39, 0.29) is 5.90 Å². The van der Waals surface area contributed by atoms with E-state index in [1.165, 1.54) is 11.3 Å². The SMILES string of the molecule is O=C1OC(c2cncc(Br)c2)=NC1=Cc1cccs1. The first-order chi connectivity index (χ1) is 9.22. The number of carbonyl (C=O) groups is 1. The lowest BCUT2D eigenvalue weighted by atomic mass is 10.3. The van der Waals surface area contributed by atoms with Crippen LogP contribution in [0.15, 0.2) is 51.1 Å². The number of pyridine rings is 1. The van der Waals surface area contributed by atoms with E-state index in [1.807, 2.05) is 17.5 Å². The van der Waals surface area contributed by atoms with Gasteiger partial charge in [0.25, 0.3) is 0 Å². The van der Waals surface area contributed by atoms with Gasteiger partial charge in [0.1, 0.15) is 0 Å². The highest BCUT2D eigenvalue weighted by molar-refractivity contribution is 9.10. The molecule has 4 nitrogen and oxygen atoms in total. The number of aliphatic imine (C=N–C) groups is 1. The summed E-state index contributed by atoms with van der Waals surface area (Å²) >= 11 is 4.86. The molecule has 2 aromatic heterocycles. The molecule has 0 amide bonds. The molecule has 0 aliphatic carbocycles. The van der Waals surface area contributed by atoms with Crippen molar-refractivity contribution in [2.75, 3.05) is 0 Å². The first-order valence-electron chi connectivity index (χ1n) is 5.39. The Labute approximate surface area is 121 Å². The van der Waals surface area contributed by atoms with Crippen molar-refractivity contribution in [3.05, 3.63) is 56.6 Å². The Bertz CT molecular complexity index is 692. The first-order valence-corrected chi connectivity index (χ1v) is 7.06. The smallest absolute Gasteiger partial charge is 0.363 e. The minimum Gasteiger partial charge on any atom is -0.402 e. The van der Waals surface area contributed by atoms with Crippen LogP contribution in [0.2, 0.25) is 0 Å². The fraction of sp³-hybridized carbons (Fsp3) is 0. The lowest BCUT2D eigenvalue weighted by Gasteiger charge is -1.98. The highest BCUT2D eigenvalue weighted by Gasteiger charge is 2.24. The number of ether oxygens (including phenoxy) is 1. The van der Waals surface area contributed by atoms with Gasteiger partial charge in [-0.25, -0.2) is 9.79 Å². The zero-order valence-corrected chi connectivity index (χ0v) is 11.9. The lowest BCUT2D eigenvalue weighted by Crippen LogP contribution is -2.05. The Morgan fingerprint density at radius 1 is 1.37 bits per heavy atom. The second-order valence-electron chi connectivity index (χ2n) is 3.74. The number of aromatic nitrogens is 1. The molecule has 1 aliphatic rings. The number of rotatable bonds is 2. The van der Waals surface area contributed by atoms with Gasteiger partial charge in [-0.2, -0.15) is 0 Å². The van der Waals surface area contributed by atoms with Crippen LogP contribution in [0.3, 0.4) is 0 Å². The Kier molecular flexibility index (Phi) is 3.27. The molecule has 0 aromatic carbocycles. The van der Waals surface area contributed by atoms with E-state index in [0.717, 1.165) is 9.35 Å². The molecule has 2 aromatic rings. The molecule has 0 saturated heterocycles. The summed E-state index contributed by atoms with van der Waals surface area (Å²) in [4.78, 5) is 20.9. The molecule has 0 radical (unpaired) electrons. The summed E-state index contributed by atoms with van der Waals surface area (Å²) in [6.07, 6.45) is 4.97. The van der Waals surface area contributed by atoms with Crippen molar-refractivity contribution < 1.29 is 9.53 Å². The summed E-state index contributed by atoms with van der Waals surface area (Å²) in [6.45, 7) is 0. The van der Waals surface area contributed by atoms with Gasteiger partial charge in [0.15, 0.2) is 5.70 Å². The molecule has 0 N–H and O–H groups in total.